The zero-order chi connectivity index (χ0) is 21.1. The van der Waals surface area contributed by atoms with Gasteiger partial charge in [-0.3, -0.25) is 10.6 Å². The van der Waals surface area contributed by atoms with Gasteiger partial charge in [0.15, 0.2) is 5.82 Å². The minimum Gasteiger partial charge on any atom is -0.477 e. The summed E-state index contributed by atoms with van der Waals surface area (Å²) in [5.74, 6) is 3.75. The first kappa shape index (κ1) is 22.3. The summed E-state index contributed by atoms with van der Waals surface area (Å²) in [6.45, 7) is 5.35. The maximum atomic E-state index is 15.1. The van der Waals surface area contributed by atoms with Crippen LogP contribution < -0.4 is 22.3 Å². The Morgan fingerprint density at radius 1 is 1.33 bits per heavy atom. The predicted octanol–water partition coefficient (Wildman–Crippen LogP) is 2.27. The van der Waals surface area contributed by atoms with Gasteiger partial charge in [0, 0.05) is 30.4 Å². The van der Waals surface area contributed by atoms with Crippen LogP contribution in [0.2, 0.25) is 0 Å². The van der Waals surface area contributed by atoms with Gasteiger partial charge in [-0.2, -0.15) is 0 Å². The molecule has 10 heteroatoms. The van der Waals surface area contributed by atoms with Crippen LogP contribution in [0.25, 0.3) is 10.9 Å². The van der Waals surface area contributed by atoms with Gasteiger partial charge in [0.1, 0.15) is 5.56 Å². The molecule has 0 unspecified atom stereocenters. The zero-order valence-electron chi connectivity index (χ0n) is 17.0. The van der Waals surface area contributed by atoms with E-state index in [0.717, 1.165) is 12.8 Å². The number of carbonyl (C=O) groups is 1. The molecule has 2 aromatic rings. The number of piperidine rings is 1. The largest absolute Gasteiger partial charge is 0.477 e. The summed E-state index contributed by atoms with van der Waals surface area (Å²) in [4.78, 5) is 24.8. The van der Waals surface area contributed by atoms with Crippen LogP contribution >= 0.6 is 12.4 Å². The maximum absolute atomic E-state index is 15.1. The summed E-state index contributed by atoms with van der Waals surface area (Å²) >= 11 is 0. The second-order valence-corrected chi connectivity index (χ2v) is 8.60. The smallest absolute Gasteiger partial charge is 0.341 e. The predicted molar refractivity (Wildman–Crippen MR) is 117 cm³/mol. The van der Waals surface area contributed by atoms with Crippen LogP contribution in [-0.4, -0.2) is 39.8 Å². The summed E-state index contributed by atoms with van der Waals surface area (Å²) in [7, 11) is 0. The molecule has 1 saturated heterocycles. The van der Waals surface area contributed by atoms with Crippen molar-refractivity contribution in [2.75, 3.05) is 24.1 Å². The Bertz CT molecular complexity index is 1080. The van der Waals surface area contributed by atoms with E-state index in [9.17, 15) is 14.7 Å². The molecule has 1 aromatic carbocycles. The lowest BCUT2D eigenvalue weighted by atomic mass is 10.0. The van der Waals surface area contributed by atoms with Gasteiger partial charge >= 0.3 is 5.97 Å². The number of hydrazine groups is 1. The third-order valence-electron chi connectivity index (χ3n) is 6.21. The van der Waals surface area contributed by atoms with E-state index in [-0.39, 0.29) is 40.8 Å². The molecule has 0 atom stereocenters. The molecule has 1 fully saturated rings. The van der Waals surface area contributed by atoms with Gasteiger partial charge in [-0.15, -0.1) is 12.4 Å². The van der Waals surface area contributed by atoms with Crippen LogP contribution in [0.4, 0.5) is 15.8 Å². The molecular formula is C20H27ClFN5O3. The van der Waals surface area contributed by atoms with E-state index in [0.29, 0.717) is 37.1 Å². The Morgan fingerprint density at radius 3 is 2.57 bits per heavy atom. The minimum atomic E-state index is -1.31. The molecular weight excluding hydrogens is 413 g/mol. The summed E-state index contributed by atoms with van der Waals surface area (Å²) in [6, 6.07) is 1.64. The topological polar surface area (TPSA) is 127 Å². The van der Waals surface area contributed by atoms with E-state index in [1.165, 1.54) is 0 Å². The van der Waals surface area contributed by atoms with Crippen molar-refractivity contribution in [1.82, 2.24) is 9.58 Å². The molecule has 8 nitrogen and oxygen atoms in total. The Kier molecular flexibility index (Phi) is 5.74. The lowest BCUT2D eigenvalue weighted by Gasteiger charge is -2.30. The van der Waals surface area contributed by atoms with Crippen LogP contribution in [0, 0.1) is 5.82 Å². The summed E-state index contributed by atoms with van der Waals surface area (Å²) in [5.41, 5.74) is 5.44. The third kappa shape index (κ3) is 3.40. The zero-order valence-corrected chi connectivity index (χ0v) is 17.8. The number of nitrogens with zero attached hydrogens (tertiary/aromatic N) is 2. The molecule has 164 valence electrons. The van der Waals surface area contributed by atoms with Crippen molar-refractivity contribution in [1.29, 1.82) is 0 Å². The number of hydrogen-bond acceptors (Lipinski definition) is 6. The third-order valence-corrected chi connectivity index (χ3v) is 6.21. The van der Waals surface area contributed by atoms with E-state index in [1.807, 2.05) is 18.4 Å². The fraction of sp³-hybridized carbons (Fsp3) is 0.500. The number of nitrogen functional groups attached to an aromatic ring is 1. The van der Waals surface area contributed by atoms with Crippen LogP contribution in [0.3, 0.4) is 0 Å². The molecule has 0 bridgehead atoms. The molecule has 0 saturated carbocycles. The molecule has 4 rings (SSSR count). The van der Waals surface area contributed by atoms with E-state index in [1.54, 1.807) is 11.1 Å². The molecule has 0 radical (unpaired) electrons. The molecule has 2 aliphatic heterocycles. The lowest BCUT2D eigenvalue weighted by molar-refractivity contribution is 0.0693. The average molecular weight is 440 g/mol. The second-order valence-electron chi connectivity index (χ2n) is 8.60. The quantitative estimate of drug-likeness (QED) is 0.426. The SMILES string of the molecule is CC1(C)CCc2c(C(=O)O)c(=O)c3c(N)c(F)c(NC4CCN(N)CC4)cc3n21.Cl. The average Bonchev–Trinajstić information content (AvgIpc) is 2.96. The van der Waals surface area contributed by atoms with Crippen molar-refractivity contribution in [2.45, 2.75) is 51.1 Å². The number of hydrogen-bond donors (Lipinski definition) is 4. The normalized spacial score (nSPS) is 18.8. The van der Waals surface area contributed by atoms with E-state index in [2.05, 4.69) is 5.32 Å². The van der Waals surface area contributed by atoms with Crippen molar-refractivity contribution in [3.63, 3.8) is 0 Å². The van der Waals surface area contributed by atoms with E-state index < -0.39 is 22.8 Å². The first-order valence-electron chi connectivity index (χ1n) is 9.81. The Morgan fingerprint density at radius 2 is 1.97 bits per heavy atom. The maximum Gasteiger partial charge on any atom is 0.341 e. The highest BCUT2D eigenvalue weighted by Crippen LogP contribution is 2.39. The van der Waals surface area contributed by atoms with Gasteiger partial charge in [-0.05, 0) is 45.6 Å². The van der Waals surface area contributed by atoms with Gasteiger partial charge in [0.2, 0.25) is 5.43 Å². The number of pyridine rings is 1. The van der Waals surface area contributed by atoms with Crippen LogP contribution in [0.1, 0.15) is 49.2 Å². The van der Waals surface area contributed by atoms with Crippen LogP contribution in [0.5, 0.6) is 0 Å². The fourth-order valence-electron chi connectivity index (χ4n) is 4.65. The van der Waals surface area contributed by atoms with Gasteiger partial charge in [0.05, 0.1) is 22.3 Å². The summed E-state index contributed by atoms with van der Waals surface area (Å²) < 4.78 is 16.9. The summed E-state index contributed by atoms with van der Waals surface area (Å²) in [6.07, 6.45) is 2.67. The van der Waals surface area contributed by atoms with Crippen molar-refractivity contribution >= 4 is 40.7 Å². The monoisotopic (exact) mass is 439 g/mol. The van der Waals surface area contributed by atoms with Gasteiger partial charge in [0.25, 0.3) is 0 Å². The van der Waals surface area contributed by atoms with Crippen LogP contribution in [-0.2, 0) is 12.0 Å². The van der Waals surface area contributed by atoms with Gasteiger partial charge in [-0.25, -0.2) is 14.2 Å². The molecule has 0 aliphatic carbocycles. The summed E-state index contributed by atoms with van der Waals surface area (Å²) in [5, 5.41) is 14.5. The van der Waals surface area contributed by atoms with Crippen LogP contribution in [0.15, 0.2) is 10.9 Å². The number of nitrogens with one attached hydrogen (secondary N) is 1. The number of carboxylic acid groups (broad SMARTS) is 1. The highest BCUT2D eigenvalue weighted by molar-refractivity contribution is 6.00. The number of aromatic nitrogens is 1. The number of fused-ring (bicyclic) bond motifs is 3. The second kappa shape index (κ2) is 7.72. The number of halogens is 2. The number of benzene rings is 1. The number of nitrogens with two attached hydrogens (primary N) is 2. The van der Waals surface area contributed by atoms with Crippen molar-refractivity contribution < 1.29 is 14.3 Å². The number of carboxylic acids is 1. The van der Waals surface area contributed by atoms with Crippen molar-refractivity contribution in [3.05, 3.63) is 33.4 Å². The Hall–Kier alpha value is -2.36. The lowest BCUT2D eigenvalue weighted by Crippen LogP contribution is -2.43. The first-order valence-corrected chi connectivity index (χ1v) is 9.81. The van der Waals surface area contributed by atoms with E-state index >= 15 is 4.39 Å². The van der Waals surface area contributed by atoms with Gasteiger partial charge in [-0.1, -0.05) is 0 Å². The van der Waals surface area contributed by atoms with Crippen molar-refractivity contribution in [2.24, 2.45) is 5.84 Å². The molecule has 2 aliphatic rings. The standard InChI is InChI=1S/C20H26FN5O3.ClH/c1-20(2)6-3-12-15(19(28)29)18(27)14-13(26(12)20)9-11(16(21)17(14)22)24-10-4-7-25(23)8-5-10;/h9-10,24H,3-8,22-23H2,1-2H3,(H,28,29);1H. The fourth-order valence-corrected chi connectivity index (χ4v) is 4.65. The molecule has 0 spiro atoms. The Balaban J connectivity index is 0.00000256. The van der Waals surface area contributed by atoms with Crippen molar-refractivity contribution in [3.8, 4) is 0 Å². The molecule has 0 amide bonds. The highest BCUT2D eigenvalue weighted by atomic mass is 35.5. The number of rotatable bonds is 3. The molecule has 1 aromatic heterocycles. The molecule has 6 N–H and O–H groups in total. The number of anilines is 2. The highest BCUT2D eigenvalue weighted by Gasteiger charge is 2.36. The Labute approximate surface area is 179 Å². The molecule has 3 heterocycles. The number of aromatic carboxylic acids is 1. The minimum absolute atomic E-state index is 0. The molecule has 30 heavy (non-hydrogen) atoms. The van der Waals surface area contributed by atoms with Gasteiger partial charge < -0.3 is 20.7 Å². The van der Waals surface area contributed by atoms with E-state index in [4.69, 9.17) is 11.6 Å². The first-order chi connectivity index (χ1) is 13.6.